The third-order valence-electron chi connectivity index (χ3n) is 2.96. The maximum atomic E-state index is 12.3. The van der Waals surface area contributed by atoms with E-state index in [2.05, 4.69) is 4.72 Å². The van der Waals surface area contributed by atoms with Gasteiger partial charge in [0.15, 0.2) is 0 Å². The molecule has 0 heterocycles. The molecule has 0 saturated carbocycles. The van der Waals surface area contributed by atoms with E-state index in [1.807, 2.05) is 0 Å². The van der Waals surface area contributed by atoms with E-state index in [0.29, 0.717) is 22.7 Å². The third-order valence-corrected chi connectivity index (χ3v) is 4.48. The van der Waals surface area contributed by atoms with E-state index in [4.69, 9.17) is 10.5 Å². The van der Waals surface area contributed by atoms with Crippen LogP contribution >= 0.6 is 0 Å². The Morgan fingerprint density at radius 1 is 1.10 bits per heavy atom. The molecule has 0 amide bonds. The van der Waals surface area contributed by atoms with Gasteiger partial charge in [-0.25, -0.2) is 8.42 Å². The summed E-state index contributed by atoms with van der Waals surface area (Å²) < 4.78 is 32.2. The van der Waals surface area contributed by atoms with Crippen molar-refractivity contribution in [3.05, 3.63) is 48.0 Å². The molecule has 0 saturated heterocycles. The number of methoxy groups -OCH3 is 1. The Hall–Kier alpha value is -2.21. The minimum absolute atomic E-state index is 0.174. The molecule has 0 spiro atoms. The predicted octanol–water partition coefficient (Wildman–Crippen LogP) is 2.39. The fourth-order valence-electron chi connectivity index (χ4n) is 1.79. The lowest BCUT2D eigenvalue weighted by molar-refractivity contribution is 0.415. The van der Waals surface area contributed by atoms with E-state index in [9.17, 15) is 8.42 Å². The molecule has 0 radical (unpaired) electrons. The van der Waals surface area contributed by atoms with Crippen LogP contribution in [0.25, 0.3) is 0 Å². The summed E-state index contributed by atoms with van der Waals surface area (Å²) in [7, 11) is -2.11. The average molecular weight is 292 g/mol. The van der Waals surface area contributed by atoms with E-state index in [1.165, 1.54) is 6.07 Å². The molecule has 2 aromatic carbocycles. The van der Waals surface area contributed by atoms with Crippen molar-refractivity contribution in [2.75, 3.05) is 17.6 Å². The van der Waals surface area contributed by atoms with Gasteiger partial charge in [0, 0.05) is 11.4 Å². The zero-order chi connectivity index (χ0) is 14.8. The van der Waals surface area contributed by atoms with Crippen molar-refractivity contribution in [2.24, 2.45) is 0 Å². The van der Waals surface area contributed by atoms with Gasteiger partial charge in [0.05, 0.1) is 12.0 Å². The van der Waals surface area contributed by atoms with Crippen molar-refractivity contribution in [2.45, 2.75) is 11.8 Å². The molecule has 106 valence electrons. The second-order valence-electron chi connectivity index (χ2n) is 4.30. The van der Waals surface area contributed by atoms with Crippen LogP contribution in [0, 0.1) is 6.92 Å². The maximum absolute atomic E-state index is 12.3. The summed E-state index contributed by atoms with van der Waals surface area (Å²) in [5, 5.41) is 0. The van der Waals surface area contributed by atoms with Crippen LogP contribution in [0.5, 0.6) is 5.75 Å². The zero-order valence-electron chi connectivity index (χ0n) is 11.3. The van der Waals surface area contributed by atoms with E-state index >= 15 is 0 Å². The molecule has 0 aliphatic rings. The Kier molecular flexibility index (Phi) is 3.85. The lowest BCUT2D eigenvalue weighted by Crippen LogP contribution is -2.14. The van der Waals surface area contributed by atoms with Gasteiger partial charge in [0.25, 0.3) is 10.0 Å². The van der Waals surface area contributed by atoms with Gasteiger partial charge in [-0.1, -0.05) is 6.07 Å². The van der Waals surface area contributed by atoms with Crippen LogP contribution in [-0.2, 0) is 10.0 Å². The Labute approximate surface area is 118 Å². The number of anilines is 2. The highest BCUT2D eigenvalue weighted by Gasteiger charge is 2.17. The van der Waals surface area contributed by atoms with E-state index in [0.717, 1.165) is 0 Å². The van der Waals surface area contributed by atoms with Gasteiger partial charge in [-0.3, -0.25) is 4.72 Å². The van der Waals surface area contributed by atoms with Crippen molar-refractivity contribution < 1.29 is 13.2 Å². The largest absolute Gasteiger partial charge is 0.497 e. The van der Waals surface area contributed by atoms with Crippen LogP contribution in [0.2, 0.25) is 0 Å². The third kappa shape index (κ3) is 2.85. The van der Waals surface area contributed by atoms with Crippen molar-refractivity contribution in [3.8, 4) is 5.75 Å². The molecule has 2 aromatic rings. The van der Waals surface area contributed by atoms with Crippen molar-refractivity contribution in [1.29, 1.82) is 0 Å². The number of hydrogen-bond donors (Lipinski definition) is 2. The number of nitrogen functional groups attached to an aromatic ring is 1. The fraction of sp³-hybridized carbons (Fsp3) is 0.143. The number of rotatable bonds is 4. The summed E-state index contributed by atoms with van der Waals surface area (Å²) in [6.07, 6.45) is 0. The van der Waals surface area contributed by atoms with Crippen LogP contribution in [-0.4, -0.2) is 15.5 Å². The number of benzene rings is 2. The van der Waals surface area contributed by atoms with Crippen LogP contribution in [0.15, 0.2) is 47.4 Å². The minimum atomic E-state index is -3.66. The molecule has 5 nitrogen and oxygen atoms in total. The second kappa shape index (κ2) is 5.42. The summed E-state index contributed by atoms with van der Waals surface area (Å²) in [5.41, 5.74) is 7.19. The highest BCUT2D eigenvalue weighted by atomic mass is 32.2. The summed E-state index contributed by atoms with van der Waals surface area (Å²) in [6.45, 7) is 1.68. The fourth-order valence-corrected chi connectivity index (χ4v) is 3.13. The SMILES string of the molecule is COc1ccc(NS(=O)(=O)c2cccc(N)c2C)cc1. The van der Waals surface area contributed by atoms with E-state index in [1.54, 1.807) is 50.4 Å². The lowest BCUT2D eigenvalue weighted by Gasteiger charge is -2.12. The zero-order valence-corrected chi connectivity index (χ0v) is 12.1. The minimum Gasteiger partial charge on any atom is -0.497 e. The van der Waals surface area contributed by atoms with Gasteiger partial charge in [-0.05, 0) is 48.9 Å². The quantitative estimate of drug-likeness (QED) is 0.848. The first kappa shape index (κ1) is 14.2. The van der Waals surface area contributed by atoms with Crippen LogP contribution in [0.3, 0.4) is 0 Å². The molecule has 0 aliphatic carbocycles. The Bertz CT molecular complexity index is 710. The monoisotopic (exact) mass is 292 g/mol. The van der Waals surface area contributed by atoms with Crippen molar-refractivity contribution >= 4 is 21.4 Å². The normalized spacial score (nSPS) is 11.1. The van der Waals surface area contributed by atoms with E-state index < -0.39 is 10.0 Å². The highest BCUT2D eigenvalue weighted by molar-refractivity contribution is 7.92. The summed E-state index contributed by atoms with van der Waals surface area (Å²) in [6, 6.07) is 11.5. The molecule has 0 aromatic heterocycles. The van der Waals surface area contributed by atoms with E-state index in [-0.39, 0.29) is 4.90 Å². The molecule has 2 rings (SSSR count). The number of sulfonamides is 1. The Morgan fingerprint density at radius 3 is 2.35 bits per heavy atom. The number of hydrogen-bond acceptors (Lipinski definition) is 4. The molecular weight excluding hydrogens is 276 g/mol. The first-order valence-electron chi connectivity index (χ1n) is 5.96. The molecule has 0 atom stereocenters. The summed E-state index contributed by atoms with van der Waals surface area (Å²) in [5.74, 6) is 0.660. The van der Waals surface area contributed by atoms with Crippen molar-refractivity contribution in [3.63, 3.8) is 0 Å². The molecule has 20 heavy (non-hydrogen) atoms. The van der Waals surface area contributed by atoms with Gasteiger partial charge < -0.3 is 10.5 Å². The van der Waals surface area contributed by atoms with Gasteiger partial charge >= 0.3 is 0 Å². The molecule has 0 fully saturated rings. The Morgan fingerprint density at radius 2 is 1.75 bits per heavy atom. The van der Waals surface area contributed by atoms with Crippen LogP contribution in [0.4, 0.5) is 11.4 Å². The standard InChI is InChI=1S/C14H16N2O3S/c1-10-13(15)4-3-5-14(10)20(17,18)16-11-6-8-12(19-2)9-7-11/h3-9,16H,15H2,1-2H3. The summed E-state index contributed by atoms with van der Waals surface area (Å²) in [4.78, 5) is 0.174. The predicted molar refractivity (Wildman–Crippen MR) is 79.4 cm³/mol. The number of nitrogens with two attached hydrogens (primary N) is 1. The first-order chi connectivity index (χ1) is 9.44. The average Bonchev–Trinajstić information content (AvgIpc) is 2.42. The highest BCUT2D eigenvalue weighted by Crippen LogP contribution is 2.24. The Balaban J connectivity index is 2.33. The maximum Gasteiger partial charge on any atom is 0.262 e. The molecule has 0 unspecified atom stereocenters. The topological polar surface area (TPSA) is 81.4 Å². The van der Waals surface area contributed by atoms with Gasteiger partial charge in [0.1, 0.15) is 5.75 Å². The number of ether oxygens (including phenoxy) is 1. The lowest BCUT2D eigenvalue weighted by atomic mass is 10.2. The van der Waals surface area contributed by atoms with Crippen LogP contribution < -0.4 is 15.2 Å². The van der Waals surface area contributed by atoms with Crippen molar-refractivity contribution in [1.82, 2.24) is 0 Å². The molecular formula is C14H16N2O3S. The van der Waals surface area contributed by atoms with Gasteiger partial charge in [-0.15, -0.1) is 0 Å². The molecule has 0 aliphatic heterocycles. The smallest absolute Gasteiger partial charge is 0.262 e. The van der Waals surface area contributed by atoms with Crippen LogP contribution in [0.1, 0.15) is 5.56 Å². The number of nitrogens with one attached hydrogen (secondary N) is 1. The molecule has 3 N–H and O–H groups in total. The molecule has 0 bridgehead atoms. The summed E-state index contributed by atoms with van der Waals surface area (Å²) >= 11 is 0. The molecule has 6 heteroatoms. The first-order valence-corrected chi connectivity index (χ1v) is 7.44. The van der Waals surface area contributed by atoms with Gasteiger partial charge in [0.2, 0.25) is 0 Å². The van der Waals surface area contributed by atoms with Gasteiger partial charge in [-0.2, -0.15) is 0 Å². The second-order valence-corrected chi connectivity index (χ2v) is 5.96.